The van der Waals surface area contributed by atoms with E-state index in [4.69, 9.17) is 5.11 Å². The fourth-order valence-corrected chi connectivity index (χ4v) is 0. The Balaban J connectivity index is 2.85. The van der Waals surface area contributed by atoms with Gasteiger partial charge in [-0.3, -0.25) is 0 Å². The van der Waals surface area contributed by atoms with E-state index in [0.29, 0.717) is 25.5 Å². The standard InChI is InChI=1S/CH2O3.Po.H/c2-1(3)4;;/h(H2,2,3,4);;/q;+1;/p-1. The van der Waals surface area contributed by atoms with Crippen LogP contribution in [0.15, 0.2) is 0 Å². The number of carboxylic acid groups (broad SMARTS) is 1. The van der Waals surface area contributed by atoms with Gasteiger partial charge in [-0.05, 0) is 0 Å². The Morgan fingerprint density at radius 2 is 2.20 bits per heavy atom. The summed E-state index contributed by atoms with van der Waals surface area (Å²) in [6.45, 7) is 0. The molecule has 0 aliphatic rings. The van der Waals surface area contributed by atoms with E-state index < -0.39 is 6.16 Å². The van der Waals surface area contributed by atoms with Gasteiger partial charge in [0.1, 0.15) is 0 Å². The zero-order valence-electron chi connectivity index (χ0n) is 2.21. The van der Waals surface area contributed by atoms with Crippen LogP contribution in [-0.4, -0.2) is 36.8 Å². The molecule has 0 rings (SSSR count). The Labute approximate surface area is 44.7 Å². The predicted octanol–water partition coefficient (Wildman–Crippen LogP) is -0.503. The second-order valence-corrected chi connectivity index (χ2v) is 1.07. The van der Waals surface area contributed by atoms with Gasteiger partial charge in [-0.2, -0.15) is 0 Å². The molecule has 3 nitrogen and oxygen atoms in total. The van der Waals surface area contributed by atoms with E-state index in [1.54, 1.807) is 0 Å². The molecular formula is CH2O3Po. The van der Waals surface area contributed by atoms with Crippen molar-refractivity contribution < 1.29 is 12.7 Å². The summed E-state index contributed by atoms with van der Waals surface area (Å²) < 4.78 is 3.78. The first-order valence-corrected chi connectivity index (χ1v) is 2.23. The number of carbonyl (C=O) groups is 1. The SMILES string of the molecule is O=C(O)[O][PoH]. The van der Waals surface area contributed by atoms with Crippen LogP contribution < -0.4 is 0 Å². The van der Waals surface area contributed by atoms with E-state index in [-0.39, 0.29) is 0 Å². The molecule has 0 unspecified atom stereocenters. The molecule has 0 aromatic carbocycles. The van der Waals surface area contributed by atoms with Crippen molar-refractivity contribution in [3.8, 4) is 0 Å². The molecule has 0 spiro atoms. The minimum absolute atomic E-state index is 0.439. The summed E-state index contributed by atoms with van der Waals surface area (Å²) in [4.78, 5) is 9.17. The number of hydrogen-bond donors (Lipinski definition) is 1. The molecule has 1 N–H and O–H groups in total. The van der Waals surface area contributed by atoms with E-state index in [0.717, 1.165) is 0 Å². The monoisotopic (exact) mass is 271 g/mol. The van der Waals surface area contributed by atoms with Gasteiger partial charge in [0.15, 0.2) is 0 Å². The van der Waals surface area contributed by atoms with Gasteiger partial charge in [0, 0.05) is 0 Å². The summed E-state index contributed by atoms with van der Waals surface area (Å²) >= 11 is 0.439. The molecule has 0 saturated carbocycles. The maximum atomic E-state index is 9.17. The summed E-state index contributed by atoms with van der Waals surface area (Å²) in [5.74, 6) is 0. The zero-order valence-corrected chi connectivity index (χ0v) is 5.69. The molecule has 0 aromatic rings. The van der Waals surface area contributed by atoms with Crippen molar-refractivity contribution in [1.82, 2.24) is 0 Å². The van der Waals surface area contributed by atoms with Crippen LogP contribution in [0.5, 0.6) is 0 Å². The summed E-state index contributed by atoms with van der Waals surface area (Å²) in [6, 6.07) is 0. The van der Waals surface area contributed by atoms with Crippen LogP contribution in [-0.2, 0) is 2.77 Å². The third-order valence-electron chi connectivity index (χ3n) is 0.0781. The summed E-state index contributed by atoms with van der Waals surface area (Å²) in [7, 11) is 0. The van der Waals surface area contributed by atoms with Crippen LogP contribution in [0.3, 0.4) is 0 Å². The van der Waals surface area contributed by atoms with E-state index in [2.05, 4.69) is 2.77 Å². The van der Waals surface area contributed by atoms with Crippen molar-refractivity contribution in [2.45, 2.75) is 0 Å². The van der Waals surface area contributed by atoms with Crippen molar-refractivity contribution in [2.24, 2.45) is 0 Å². The van der Waals surface area contributed by atoms with Gasteiger partial charge in [0.05, 0.1) is 0 Å². The molecule has 0 aromatic heterocycles. The third kappa shape index (κ3) is 4.17. The van der Waals surface area contributed by atoms with E-state index >= 15 is 0 Å². The topological polar surface area (TPSA) is 46.5 Å². The molecule has 30 valence electrons. The van der Waals surface area contributed by atoms with Crippen molar-refractivity contribution in [3.63, 3.8) is 0 Å². The number of hydrogen-bond acceptors (Lipinski definition) is 2. The summed E-state index contributed by atoms with van der Waals surface area (Å²) in [6.07, 6.45) is -1.20. The first-order valence-electron chi connectivity index (χ1n) is 0.814. The molecule has 0 atom stereocenters. The Kier molecular flexibility index (Phi) is 2.49. The second kappa shape index (κ2) is 2.41. The van der Waals surface area contributed by atoms with Crippen LogP contribution in [0.2, 0.25) is 0 Å². The van der Waals surface area contributed by atoms with Gasteiger partial charge in [-0.25, -0.2) is 0 Å². The molecule has 0 aliphatic carbocycles. The molecule has 4 heteroatoms. The van der Waals surface area contributed by atoms with Gasteiger partial charge < -0.3 is 0 Å². The predicted molar refractivity (Wildman–Crippen MR) is 16.3 cm³/mol. The average Bonchev–Trinajstić information content (AvgIpc) is 1.38. The van der Waals surface area contributed by atoms with Crippen LogP contribution in [0.1, 0.15) is 0 Å². The fourth-order valence-electron chi connectivity index (χ4n) is 0. The van der Waals surface area contributed by atoms with Gasteiger partial charge >= 0.3 is 44.3 Å². The van der Waals surface area contributed by atoms with Gasteiger partial charge in [-0.15, -0.1) is 0 Å². The van der Waals surface area contributed by atoms with Crippen molar-refractivity contribution in [3.05, 3.63) is 0 Å². The van der Waals surface area contributed by atoms with Gasteiger partial charge in [0.25, 0.3) is 0 Å². The number of rotatable bonds is 0. The van der Waals surface area contributed by atoms with Gasteiger partial charge in [0.2, 0.25) is 0 Å². The van der Waals surface area contributed by atoms with Crippen LogP contribution in [0.4, 0.5) is 4.79 Å². The fraction of sp³-hybridized carbons (Fsp3) is 0. The molecule has 0 amide bonds. The van der Waals surface area contributed by atoms with Crippen LogP contribution in [0, 0.1) is 0 Å². The Bertz CT molecular complexity index is 42.2. The normalized spacial score (nSPS) is 6.60. The maximum absolute atomic E-state index is 9.17. The summed E-state index contributed by atoms with van der Waals surface area (Å²) in [5.41, 5.74) is 0. The summed E-state index contributed by atoms with van der Waals surface area (Å²) in [5, 5.41) is 7.53. The zero-order chi connectivity index (χ0) is 4.28. The van der Waals surface area contributed by atoms with E-state index in [9.17, 15) is 4.79 Å². The molecular weight excluding hydrogens is 269 g/mol. The third-order valence-corrected chi connectivity index (χ3v) is 0.685. The Morgan fingerprint density at radius 1 is 2.00 bits per heavy atom. The quantitative estimate of drug-likeness (QED) is 0.646. The molecule has 0 radical (unpaired) electrons. The van der Waals surface area contributed by atoms with Crippen molar-refractivity contribution in [1.29, 1.82) is 0 Å². The molecule has 0 bridgehead atoms. The molecule has 0 fully saturated rings. The minimum atomic E-state index is -1.20. The van der Waals surface area contributed by atoms with Gasteiger partial charge in [-0.1, -0.05) is 0 Å². The van der Waals surface area contributed by atoms with Crippen LogP contribution in [0.25, 0.3) is 0 Å². The van der Waals surface area contributed by atoms with Crippen molar-refractivity contribution >= 4 is 31.7 Å². The first kappa shape index (κ1) is 5.17. The first-order chi connectivity index (χ1) is 2.27. The average molecular weight is 271 g/mol. The van der Waals surface area contributed by atoms with Crippen molar-refractivity contribution in [2.75, 3.05) is 0 Å². The molecule has 0 aliphatic heterocycles. The second-order valence-electron chi connectivity index (χ2n) is 0.357. The Morgan fingerprint density at radius 3 is 2.20 bits per heavy atom. The molecule has 5 heavy (non-hydrogen) atoms. The van der Waals surface area contributed by atoms with E-state index in [1.165, 1.54) is 0 Å². The van der Waals surface area contributed by atoms with E-state index in [1.807, 2.05) is 0 Å². The molecule has 0 saturated heterocycles. The molecule has 0 heterocycles. The Hall–Kier alpha value is 0.166. The van der Waals surface area contributed by atoms with Crippen LogP contribution >= 0.6 is 0 Å².